The molecule has 136 valence electrons. The van der Waals surface area contributed by atoms with Crippen molar-refractivity contribution in [2.45, 2.75) is 6.10 Å². The molecule has 2 heterocycles. The van der Waals surface area contributed by atoms with Gasteiger partial charge < -0.3 is 14.5 Å². The monoisotopic (exact) mass is 362 g/mol. The number of aromatic amines is 1. The second kappa shape index (κ2) is 7.05. The van der Waals surface area contributed by atoms with E-state index >= 15 is 0 Å². The molecule has 2 N–H and O–H groups in total. The van der Waals surface area contributed by atoms with E-state index in [9.17, 15) is 9.90 Å². The van der Waals surface area contributed by atoms with Crippen LogP contribution in [0.2, 0.25) is 0 Å². The molecule has 0 aliphatic rings. The van der Waals surface area contributed by atoms with Crippen LogP contribution in [0.5, 0.6) is 0 Å². The first-order valence-corrected chi connectivity index (χ1v) is 8.50. The average Bonchev–Trinajstić information content (AvgIpc) is 3.36. The molecule has 0 bridgehead atoms. The van der Waals surface area contributed by atoms with Crippen LogP contribution >= 0.6 is 0 Å². The van der Waals surface area contributed by atoms with Crippen LogP contribution in [-0.4, -0.2) is 44.9 Å². The van der Waals surface area contributed by atoms with Gasteiger partial charge in [-0.25, -0.2) is 0 Å². The van der Waals surface area contributed by atoms with Gasteiger partial charge in [-0.1, -0.05) is 35.5 Å². The number of benzene rings is 2. The van der Waals surface area contributed by atoms with Gasteiger partial charge in [-0.3, -0.25) is 9.89 Å². The van der Waals surface area contributed by atoms with E-state index < -0.39 is 6.10 Å². The maximum atomic E-state index is 12.6. The normalized spacial score (nSPS) is 12.2. The quantitative estimate of drug-likeness (QED) is 0.569. The van der Waals surface area contributed by atoms with Gasteiger partial charge in [-0.15, -0.1) is 0 Å². The van der Waals surface area contributed by atoms with E-state index in [1.165, 1.54) is 4.90 Å². The number of fused-ring (bicyclic) bond motifs is 1. The second-order valence-corrected chi connectivity index (χ2v) is 6.36. The first-order valence-electron chi connectivity index (χ1n) is 8.50. The van der Waals surface area contributed by atoms with Crippen LogP contribution in [0, 0.1) is 0 Å². The van der Waals surface area contributed by atoms with E-state index in [0.29, 0.717) is 5.76 Å². The SMILES string of the molecule is CN(CC(O)c1ccccc1)C(=O)c1cc(-c2ccc3[nH]ncc3c2)on1. The Bertz CT molecular complexity index is 1070. The lowest BCUT2D eigenvalue weighted by molar-refractivity contribution is 0.0671. The van der Waals surface area contributed by atoms with E-state index in [1.54, 1.807) is 19.3 Å². The standard InChI is InChI=1S/C20H18N4O3/c1-24(12-18(25)13-5-3-2-4-6-13)20(26)17-10-19(27-23-17)14-7-8-16-15(9-14)11-21-22-16/h2-11,18,25H,12H2,1H3,(H,21,22). The van der Waals surface area contributed by atoms with Crippen LogP contribution in [0.4, 0.5) is 0 Å². The van der Waals surface area contributed by atoms with Crippen LogP contribution in [0.15, 0.2) is 65.3 Å². The molecule has 0 radical (unpaired) electrons. The van der Waals surface area contributed by atoms with Gasteiger partial charge in [-0.2, -0.15) is 5.10 Å². The zero-order valence-electron chi connectivity index (χ0n) is 14.7. The van der Waals surface area contributed by atoms with Gasteiger partial charge in [0.1, 0.15) is 0 Å². The lowest BCUT2D eigenvalue weighted by atomic mass is 10.1. The number of hydrogen-bond donors (Lipinski definition) is 2. The number of carbonyl (C=O) groups is 1. The number of nitrogens with zero attached hydrogens (tertiary/aromatic N) is 3. The Morgan fingerprint density at radius 1 is 1.22 bits per heavy atom. The Morgan fingerprint density at radius 2 is 2.04 bits per heavy atom. The average molecular weight is 362 g/mol. The fourth-order valence-corrected chi connectivity index (χ4v) is 2.93. The maximum Gasteiger partial charge on any atom is 0.275 e. The van der Waals surface area contributed by atoms with Crippen molar-refractivity contribution in [1.29, 1.82) is 0 Å². The number of nitrogens with one attached hydrogen (secondary N) is 1. The third kappa shape index (κ3) is 3.45. The highest BCUT2D eigenvalue weighted by molar-refractivity contribution is 5.93. The predicted octanol–water partition coefficient (Wildman–Crippen LogP) is 3.02. The smallest absolute Gasteiger partial charge is 0.275 e. The molecule has 7 heteroatoms. The van der Waals surface area contributed by atoms with Gasteiger partial charge in [0.15, 0.2) is 11.5 Å². The first kappa shape index (κ1) is 17.0. The Balaban J connectivity index is 1.49. The van der Waals surface area contributed by atoms with Crippen molar-refractivity contribution in [3.63, 3.8) is 0 Å². The summed E-state index contributed by atoms with van der Waals surface area (Å²) >= 11 is 0. The molecule has 4 aromatic rings. The minimum Gasteiger partial charge on any atom is -0.387 e. The molecular weight excluding hydrogens is 344 g/mol. The summed E-state index contributed by atoms with van der Waals surface area (Å²) in [6.07, 6.45) is 0.954. The summed E-state index contributed by atoms with van der Waals surface area (Å²) in [4.78, 5) is 14.0. The molecule has 2 aromatic heterocycles. The molecular formula is C20H18N4O3. The molecule has 0 aliphatic carbocycles. The third-order valence-corrected chi connectivity index (χ3v) is 4.43. The highest BCUT2D eigenvalue weighted by Gasteiger charge is 2.20. The largest absolute Gasteiger partial charge is 0.387 e. The summed E-state index contributed by atoms with van der Waals surface area (Å²) in [6, 6.07) is 16.5. The van der Waals surface area contributed by atoms with Crippen molar-refractivity contribution >= 4 is 16.8 Å². The van der Waals surface area contributed by atoms with Gasteiger partial charge in [0.25, 0.3) is 5.91 Å². The molecule has 0 fully saturated rings. The Kier molecular flexibility index (Phi) is 4.43. The molecule has 1 amide bonds. The summed E-state index contributed by atoms with van der Waals surface area (Å²) in [5.74, 6) is 0.183. The van der Waals surface area contributed by atoms with Crippen molar-refractivity contribution in [1.82, 2.24) is 20.3 Å². The maximum absolute atomic E-state index is 12.6. The Hall–Kier alpha value is -3.45. The summed E-state index contributed by atoms with van der Waals surface area (Å²) in [6.45, 7) is 0.159. The van der Waals surface area contributed by atoms with E-state index in [4.69, 9.17) is 4.52 Å². The summed E-state index contributed by atoms with van der Waals surface area (Å²) < 4.78 is 5.35. The molecule has 1 atom stereocenters. The van der Waals surface area contributed by atoms with E-state index in [-0.39, 0.29) is 18.1 Å². The Morgan fingerprint density at radius 3 is 2.85 bits per heavy atom. The lowest BCUT2D eigenvalue weighted by Crippen LogP contribution is -2.31. The number of likely N-dealkylation sites (N-methyl/N-ethyl adjacent to an activating group) is 1. The summed E-state index contributed by atoms with van der Waals surface area (Å²) in [5, 5.41) is 22.0. The number of hydrogen-bond acceptors (Lipinski definition) is 5. The van der Waals surface area contributed by atoms with Gasteiger partial charge in [0.2, 0.25) is 0 Å². The molecule has 27 heavy (non-hydrogen) atoms. The molecule has 0 saturated carbocycles. The van der Waals surface area contributed by atoms with Crippen LogP contribution < -0.4 is 0 Å². The van der Waals surface area contributed by atoms with Crippen LogP contribution in [-0.2, 0) is 0 Å². The summed E-state index contributed by atoms with van der Waals surface area (Å²) in [7, 11) is 1.63. The number of amides is 1. The highest BCUT2D eigenvalue weighted by atomic mass is 16.5. The van der Waals surface area contributed by atoms with Gasteiger partial charge >= 0.3 is 0 Å². The summed E-state index contributed by atoms with van der Waals surface area (Å²) in [5.41, 5.74) is 2.68. The Labute approximate surface area is 155 Å². The molecule has 1 unspecified atom stereocenters. The van der Waals surface area contributed by atoms with Crippen LogP contribution in [0.25, 0.3) is 22.2 Å². The molecule has 4 rings (SSSR count). The van der Waals surface area contributed by atoms with Crippen LogP contribution in [0.3, 0.4) is 0 Å². The van der Waals surface area contributed by atoms with E-state index in [1.807, 2.05) is 48.5 Å². The number of aliphatic hydroxyl groups excluding tert-OH is 1. The van der Waals surface area contributed by atoms with Crippen molar-refractivity contribution < 1.29 is 14.4 Å². The topological polar surface area (TPSA) is 95.2 Å². The molecule has 2 aromatic carbocycles. The van der Waals surface area contributed by atoms with E-state index in [2.05, 4.69) is 15.4 Å². The predicted molar refractivity (Wildman–Crippen MR) is 100.0 cm³/mol. The second-order valence-electron chi connectivity index (χ2n) is 6.36. The first-order chi connectivity index (χ1) is 13.1. The third-order valence-electron chi connectivity index (χ3n) is 4.43. The highest BCUT2D eigenvalue weighted by Crippen LogP contribution is 2.24. The van der Waals surface area contributed by atoms with Gasteiger partial charge in [0, 0.05) is 24.1 Å². The van der Waals surface area contributed by atoms with Crippen molar-refractivity contribution in [2.24, 2.45) is 0 Å². The molecule has 0 aliphatic heterocycles. The number of carbonyl (C=O) groups excluding carboxylic acids is 1. The van der Waals surface area contributed by atoms with Crippen molar-refractivity contribution in [3.05, 3.63) is 72.1 Å². The number of aromatic nitrogens is 3. The zero-order chi connectivity index (χ0) is 18.8. The lowest BCUT2D eigenvalue weighted by Gasteiger charge is -2.20. The molecule has 0 spiro atoms. The fraction of sp³-hybridized carbons (Fsp3) is 0.150. The zero-order valence-corrected chi connectivity index (χ0v) is 14.7. The number of H-pyrrole nitrogens is 1. The number of aliphatic hydroxyl groups is 1. The van der Waals surface area contributed by atoms with Crippen LogP contribution in [0.1, 0.15) is 22.2 Å². The van der Waals surface area contributed by atoms with Crippen molar-refractivity contribution in [3.8, 4) is 11.3 Å². The minimum atomic E-state index is -0.769. The molecule has 0 saturated heterocycles. The number of rotatable bonds is 5. The van der Waals surface area contributed by atoms with Crippen molar-refractivity contribution in [2.75, 3.05) is 13.6 Å². The van der Waals surface area contributed by atoms with Gasteiger partial charge in [0.05, 0.1) is 24.4 Å². The van der Waals surface area contributed by atoms with E-state index in [0.717, 1.165) is 22.0 Å². The molecule has 7 nitrogen and oxygen atoms in total. The minimum absolute atomic E-state index is 0.159. The fourth-order valence-electron chi connectivity index (χ4n) is 2.93. The van der Waals surface area contributed by atoms with Gasteiger partial charge in [-0.05, 0) is 23.8 Å².